The van der Waals surface area contributed by atoms with Crippen LogP contribution in [0.2, 0.25) is 0 Å². The number of piperidine rings is 1. The van der Waals surface area contributed by atoms with E-state index in [9.17, 15) is 5.11 Å². The zero-order valence-corrected chi connectivity index (χ0v) is 10.9. The van der Waals surface area contributed by atoms with Crippen molar-refractivity contribution in [1.82, 2.24) is 4.90 Å². The van der Waals surface area contributed by atoms with Gasteiger partial charge in [0.1, 0.15) is 5.75 Å². The maximum Gasteiger partial charge on any atom is 0.115 e. The van der Waals surface area contributed by atoms with E-state index >= 15 is 0 Å². The van der Waals surface area contributed by atoms with Crippen LogP contribution in [-0.4, -0.2) is 28.1 Å². The van der Waals surface area contributed by atoms with Gasteiger partial charge in [-0.2, -0.15) is 0 Å². The van der Waals surface area contributed by atoms with Crippen molar-refractivity contribution in [1.29, 1.82) is 0 Å². The van der Waals surface area contributed by atoms with Crippen molar-refractivity contribution in [2.75, 3.05) is 0 Å². The molecule has 2 aliphatic heterocycles. The van der Waals surface area contributed by atoms with Gasteiger partial charge in [-0.15, -0.1) is 0 Å². The Bertz CT molecular complexity index is 420. The zero-order chi connectivity index (χ0) is 12.7. The van der Waals surface area contributed by atoms with Gasteiger partial charge in [-0.1, -0.05) is 12.1 Å². The lowest BCUT2D eigenvalue weighted by Gasteiger charge is -2.41. The summed E-state index contributed by atoms with van der Waals surface area (Å²) in [5.74, 6) is 0.361. The number of nitrogens with zero attached hydrogens (tertiary/aromatic N) is 1. The van der Waals surface area contributed by atoms with Crippen LogP contribution in [0.1, 0.15) is 44.2 Å². The number of nitrogens with two attached hydrogens (primary N) is 1. The first-order chi connectivity index (χ1) is 8.65. The molecule has 0 saturated carbocycles. The average Bonchev–Trinajstić information content (AvgIpc) is 2.61. The quantitative estimate of drug-likeness (QED) is 0.842. The zero-order valence-electron chi connectivity index (χ0n) is 10.9. The van der Waals surface area contributed by atoms with E-state index in [4.69, 9.17) is 5.73 Å². The van der Waals surface area contributed by atoms with E-state index < -0.39 is 0 Å². The first-order valence-corrected chi connectivity index (χ1v) is 6.97. The summed E-state index contributed by atoms with van der Waals surface area (Å²) < 4.78 is 0. The third kappa shape index (κ3) is 2.02. The summed E-state index contributed by atoms with van der Waals surface area (Å²) in [6, 6.07) is 9.69. The molecule has 0 aromatic heterocycles. The molecule has 2 aliphatic rings. The normalized spacial score (nSPS) is 33.6. The molecule has 0 aliphatic carbocycles. The fraction of sp³-hybridized carbons (Fsp3) is 0.600. The molecule has 2 bridgehead atoms. The van der Waals surface area contributed by atoms with Gasteiger partial charge in [-0.25, -0.2) is 0 Å². The highest BCUT2D eigenvalue weighted by atomic mass is 16.3. The second-order valence-corrected chi connectivity index (χ2v) is 5.83. The van der Waals surface area contributed by atoms with Crippen molar-refractivity contribution in [3.63, 3.8) is 0 Å². The monoisotopic (exact) mass is 246 g/mol. The van der Waals surface area contributed by atoms with Crippen LogP contribution in [0.4, 0.5) is 0 Å². The van der Waals surface area contributed by atoms with E-state index in [1.54, 1.807) is 6.07 Å². The lowest BCUT2D eigenvalue weighted by Crippen LogP contribution is -2.48. The van der Waals surface area contributed by atoms with Crippen LogP contribution in [-0.2, 0) is 0 Å². The van der Waals surface area contributed by atoms with E-state index in [0.29, 0.717) is 29.9 Å². The van der Waals surface area contributed by atoms with Crippen LogP contribution >= 0.6 is 0 Å². The molecule has 1 aromatic rings. The van der Waals surface area contributed by atoms with Crippen LogP contribution in [0, 0.1) is 0 Å². The Morgan fingerprint density at radius 2 is 1.94 bits per heavy atom. The molecule has 0 amide bonds. The maximum absolute atomic E-state index is 9.61. The summed E-state index contributed by atoms with van der Waals surface area (Å²) in [5.41, 5.74) is 7.32. The summed E-state index contributed by atoms with van der Waals surface area (Å²) in [6.45, 7) is 2.25. The van der Waals surface area contributed by atoms with Crippen LogP contribution in [0.15, 0.2) is 24.3 Å². The molecule has 1 aromatic carbocycles. The van der Waals surface area contributed by atoms with Crippen LogP contribution in [0.25, 0.3) is 0 Å². The molecule has 2 fully saturated rings. The van der Waals surface area contributed by atoms with E-state index in [1.165, 1.54) is 18.4 Å². The van der Waals surface area contributed by atoms with Gasteiger partial charge in [0.25, 0.3) is 0 Å². The molecule has 2 heterocycles. The number of hydrogen-bond acceptors (Lipinski definition) is 3. The number of aromatic hydroxyl groups is 1. The first kappa shape index (κ1) is 12.0. The van der Waals surface area contributed by atoms with Gasteiger partial charge in [0.2, 0.25) is 0 Å². The predicted octanol–water partition coefficient (Wildman–Crippen LogP) is 2.41. The molecule has 2 saturated heterocycles. The predicted molar refractivity (Wildman–Crippen MR) is 72.4 cm³/mol. The fourth-order valence-electron chi connectivity index (χ4n) is 3.84. The Balaban J connectivity index is 1.83. The number of fused-ring (bicyclic) bond motifs is 2. The number of phenolic OH excluding ortho intramolecular Hbond substituents is 1. The van der Waals surface area contributed by atoms with E-state index in [2.05, 4.69) is 17.9 Å². The van der Waals surface area contributed by atoms with E-state index in [0.717, 1.165) is 12.8 Å². The second-order valence-electron chi connectivity index (χ2n) is 5.83. The second kappa shape index (κ2) is 4.56. The molecule has 0 spiro atoms. The average molecular weight is 246 g/mol. The van der Waals surface area contributed by atoms with Gasteiger partial charge in [0, 0.05) is 24.2 Å². The summed E-state index contributed by atoms with van der Waals surface area (Å²) >= 11 is 0. The van der Waals surface area contributed by atoms with Gasteiger partial charge >= 0.3 is 0 Å². The summed E-state index contributed by atoms with van der Waals surface area (Å²) in [4.78, 5) is 2.62. The van der Waals surface area contributed by atoms with Crippen LogP contribution in [0.5, 0.6) is 5.75 Å². The van der Waals surface area contributed by atoms with Gasteiger partial charge in [0.05, 0.1) is 0 Å². The Labute approximate surface area is 109 Å². The molecule has 3 unspecified atom stereocenters. The number of rotatable bonds is 2. The molecule has 3 N–H and O–H groups in total. The highest BCUT2D eigenvalue weighted by Crippen LogP contribution is 2.41. The van der Waals surface area contributed by atoms with Gasteiger partial charge in [-0.05, 0) is 50.3 Å². The van der Waals surface area contributed by atoms with Crippen molar-refractivity contribution in [2.45, 2.75) is 56.8 Å². The molecular weight excluding hydrogens is 224 g/mol. The molecule has 3 heteroatoms. The Morgan fingerprint density at radius 3 is 2.56 bits per heavy atom. The minimum absolute atomic E-state index is 0.361. The van der Waals surface area contributed by atoms with Crippen molar-refractivity contribution >= 4 is 0 Å². The number of hydrogen-bond donors (Lipinski definition) is 2. The maximum atomic E-state index is 9.61. The first-order valence-electron chi connectivity index (χ1n) is 6.97. The van der Waals surface area contributed by atoms with E-state index in [-0.39, 0.29) is 0 Å². The van der Waals surface area contributed by atoms with Crippen molar-refractivity contribution in [3.05, 3.63) is 29.8 Å². The largest absolute Gasteiger partial charge is 0.508 e. The molecule has 98 valence electrons. The molecule has 3 atom stereocenters. The third-order valence-electron chi connectivity index (χ3n) is 4.63. The van der Waals surface area contributed by atoms with Crippen LogP contribution < -0.4 is 5.73 Å². The molecule has 3 rings (SSSR count). The fourth-order valence-corrected chi connectivity index (χ4v) is 3.84. The topological polar surface area (TPSA) is 49.5 Å². The highest BCUT2D eigenvalue weighted by molar-refractivity contribution is 5.29. The summed E-state index contributed by atoms with van der Waals surface area (Å²) in [6.07, 6.45) is 4.81. The lowest BCUT2D eigenvalue weighted by molar-refractivity contribution is 0.0853. The third-order valence-corrected chi connectivity index (χ3v) is 4.63. The Hall–Kier alpha value is -1.06. The molecule has 3 nitrogen and oxygen atoms in total. The molecular formula is C15H22N2O. The standard InChI is InChI=1S/C15H22N2O/c1-10(11-3-2-4-15(18)7-11)17-13-5-6-14(17)9-12(16)8-13/h2-4,7,10,12-14,18H,5-6,8-9,16H2,1H3. The summed E-state index contributed by atoms with van der Waals surface area (Å²) in [5, 5.41) is 9.61. The number of benzene rings is 1. The van der Waals surface area contributed by atoms with Crippen molar-refractivity contribution in [3.8, 4) is 5.75 Å². The Morgan fingerprint density at radius 1 is 1.28 bits per heavy atom. The van der Waals surface area contributed by atoms with Gasteiger partial charge < -0.3 is 10.8 Å². The summed E-state index contributed by atoms with van der Waals surface area (Å²) in [7, 11) is 0. The van der Waals surface area contributed by atoms with Gasteiger partial charge in [0.15, 0.2) is 0 Å². The smallest absolute Gasteiger partial charge is 0.115 e. The van der Waals surface area contributed by atoms with Crippen molar-refractivity contribution < 1.29 is 5.11 Å². The SMILES string of the molecule is CC(c1cccc(O)c1)N1C2CCC1CC(N)C2. The van der Waals surface area contributed by atoms with Gasteiger partial charge in [-0.3, -0.25) is 4.90 Å². The minimum Gasteiger partial charge on any atom is -0.508 e. The van der Waals surface area contributed by atoms with Crippen LogP contribution in [0.3, 0.4) is 0 Å². The van der Waals surface area contributed by atoms with E-state index in [1.807, 2.05) is 12.1 Å². The minimum atomic E-state index is 0.361. The lowest BCUT2D eigenvalue weighted by atomic mass is 9.94. The molecule has 18 heavy (non-hydrogen) atoms. The van der Waals surface area contributed by atoms with Crippen molar-refractivity contribution in [2.24, 2.45) is 5.73 Å². The Kier molecular flexibility index (Phi) is 3.04. The highest BCUT2D eigenvalue weighted by Gasteiger charge is 2.41. The molecule has 0 radical (unpaired) electrons. The number of phenols is 1.